The van der Waals surface area contributed by atoms with Crippen LogP contribution in [0.3, 0.4) is 0 Å². The number of hydrogen-bond donors (Lipinski definition) is 1. The van der Waals surface area contributed by atoms with Crippen molar-refractivity contribution in [3.8, 4) is 0 Å². The first-order valence-electron chi connectivity index (χ1n) is 6.45. The maximum Gasteiger partial charge on any atom is 0.126 e. The lowest BCUT2D eigenvalue weighted by molar-refractivity contribution is 0.577. The number of nitrogens with one attached hydrogen (secondary N) is 1. The molecule has 0 unspecified atom stereocenters. The standard InChI is InChI=1S/C16H16F3N/c1-11-6-14(17)3-2-13(11)10-20-5-4-12-7-15(18)9-16(19)8-12/h2-3,6-9,20H,4-5,10H2,1H3. The quantitative estimate of drug-likeness (QED) is 0.822. The summed E-state index contributed by atoms with van der Waals surface area (Å²) in [5.74, 6) is -1.37. The molecule has 2 aromatic rings. The lowest BCUT2D eigenvalue weighted by Gasteiger charge is -2.08. The SMILES string of the molecule is Cc1cc(F)ccc1CNCCc1cc(F)cc(F)c1. The van der Waals surface area contributed by atoms with Gasteiger partial charge >= 0.3 is 0 Å². The van der Waals surface area contributed by atoms with Gasteiger partial charge < -0.3 is 5.32 Å². The first-order valence-corrected chi connectivity index (χ1v) is 6.45. The van der Waals surface area contributed by atoms with Gasteiger partial charge in [-0.05, 0) is 60.8 Å². The third kappa shape index (κ3) is 4.10. The van der Waals surface area contributed by atoms with Gasteiger partial charge in [-0.25, -0.2) is 13.2 Å². The molecule has 1 nitrogen and oxygen atoms in total. The van der Waals surface area contributed by atoms with Crippen LogP contribution in [0, 0.1) is 24.4 Å². The molecule has 0 fully saturated rings. The molecular weight excluding hydrogens is 263 g/mol. The Labute approximate surface area is 116 Å². The van der Waals surface area contributed by atoms with Crippen molar-refractivity contribution < 1.29 is 13.2 Å². The molecule has 2 aromatic carbocycles. The highest BCUT2D eigenvalue weighted by Gasteiger charge is 2.02. The van der Waals surface area contributed by atoms with E-state index in [4.69, 9.17) is 0 Å². The van der Waals surface area contributed by atoms with Crippen molar-refractivity contribution in [2.45, 2.75) is 19.9 Å². The number of benzene rings is 2. The molecule has 0 saturated carbocycles. The van der Waals surface area contributed by atoms with Crippen LogP contribution >= 0.6 is 0 Å². The second kappa shape index (κ2) is 6.57. The number of halogens is 3. The smallest absolute Gasteiger partial charge is 0.126 e. The minimum absolute atomic E-state index is 0.249. The van der Waals surface area contributed by atoms with E-state index in [-0.39, 0.29) is 5.82 Å². The van der Waals surface area contributed by atoms with Gasteiger partial charge in [0.15, 0.2) is 0 Å². The van der Waals surface area contributed by atoms with Crippen molar-refractivity contribution in [2.75, 3.05) is 6.54 Å². The summed E-state index contributed by atoms with van der Waals surface area (Å²) in [6.45, 7) is 3.05. The fraction of sp³-hybridized carbons (Fsp3) is 0.250. The second-order valence-corrected chi connectivity index (χ2v) is 4.78. The monoisotopic (exact) mass is 279 g/mol. The summed E-state index contributed by atoms with van der Waals surface area (Å²) < 4.78 is 38.9. The highest BCUT2D eigenvalue weighted by molar-refractivity contribution is 5.26. The van der Waals surface area contributed by atoms with E-state index in [0.29, 0.717) is 25.1 Å². The van der Waals surface area contributed by atoms with Crippen LogP contribution in [-0.2, 0) is 13.0 Å². The minimum atomic E-state index is -0.561. The number of rotatable bonds is 5. The molecule has 4 heteroatoms. The molecule has 0 atom stereocenters. The summed E-state index contributed by atoms with van der Waals surface area (Å²) in [5.41, 5.74) is 2.51. The summed E-state index contributed by atoms with van der Waals surface area (Å²) >= 11 is 0. The minimum Gasteiger partial charge on any atom is -0.312 e. The van der Waals surface area contributed by atoms with Gasteiger partial charge in [-0.3, -0.25) is 0 Å². The summed E-state index contributed by atoms with van der Waals surface area (Å²) in [4.78, 5) is 0. The number of aryl methyl sites for hydroxylation is 1. The molecule has 0 spiro atoms. The van der Waals surface area contributed by atoms with E-state index in [2.05, 4.69) is 5.32 Å². The van der Waals surface area contributed by atoms with Gasteiger partial charge in [-0.1, -0.05) is 6.07 Å². The zero-order chi connectivity index (χ0) is 14.5. The molecule has 0 aromatic heterocycles. The average Bonchev–Trinajstić information content (AvgIpc) is 2.35. The van der Waals surface area contributed by atoms with Gasteiger partial charge in [0.05, 0.1) is 0 Å². The molecule has 2 rings (SSSR count). The highest BCUT2D eigenvalue weighted by Crippen LogP contribution is 2.10. The van der Waals surface area contributed by atoms with E-state index in [9.17, 15) is 13.2 Å². The van der Waals surface area contributed by atoms with Crippen LogP contribution in [0.1, 0.15) is 16.7 Å². The fourth-order valence-electron chi connectivity index (χ4n) is 2.07. The van der Waals surface area contributed by atoms with Gasteiger partial charge in [0.1, 0.15) is 17.5 Å². The van der Waals surface area contributed by atoms with Crippen LogP contribution in [0.5, 0.6) is 0 Å². The van der Waals surface area contributed by atoms with Crippen molar-refractivity contribution in [3.63, 3.8) is 0 Å². The maximum atomic E-state index is 13.0. The van der Waals surface area contributed by atoms with E-state index >= 15 is 0 Å². The van der Waals surface area contributed by atoms with E-state index in [1.54, 1.807) is 6.07 Å². The Morgan fingerprint density at radius 3 is 2.25 bits per heavy atom. The van der Waals surface area contributed by atoms with Crippen molar-refractivity contribution in [2.24, 2.45) is 0 Å². The molecule has 0 saturated heterocycles. The second-order valence-electron chi connectivity index (χ2n) is 4.78. The Morgan fingerprint density at radius 2 is 1.60 bits per heavy atom. The lowest BCUT2D eigenvalue weighted by atomic mass is 10.1. The van der Waals surface area contributed by atoms with Gasteiger partial charge in [-0.15, -0.1) is 0 Å². The molecular formula is C16H16F3N. The maximum absolute atomic E-state index is 13.0. The molecule has 0 aliphatic rings. The Kier molecular flexibility index (Phi) is 4.79. The van der Waals surface area contributed by atoms with Crippen LogP contribution in [-0.4, -0.2) is 6.54 Å². The molecule has 0 heterocycles. The molecule has 1 N–H and O–H groups in total. The normalized spacial score (nSPS) is 10.8. The molecule has 106 valence electrons. The van der Waals surface area contributed by atoms with E-state index in [1.165, 1.54) is 24.3 Å². The first kappa shape index (κ1) is 14.6. The van der Waals surface area contributed by atoms with Crippen molar-refractivity contribution in [3.05, 3.63) is 70.5 Å². The van der Waals surface area contributed by atoms with Crippen molar-refractivity contribution >= 4 is 0 Å². The lowest BCUT2D eigenvalue weighted by Crippen LogP contribution is -2.17. The Morgan fingerprint density at radius 1 is 0.900 bits per heavy atom. The van der Waals surface area contributed by atoms with Crippen molar-refractivity contribution in [1.82, 2.24) is 5.32 Å². The average molecular weight is 279 g/mol. The fourth-order valence-corrected chi connectivity index (χ4v) is 2.07. The van der Waals surface area contributed by atoms with Gasteiger partial charge in [0, 0.05) is 12.6 Å². The topological polar surface area (TPSA) is 12.0 Å². The Hall–Kier alpha value is -1.81. The third-order valence-corrected chi connectivity index (χ3v) is 3.13. The molecule has 0 radical (unpaired) electrons. The molecule has 0 amide bonds. The Bertz CT molecular complexity index is 576. The zero-order valence-electron chi connectivity index (χ0n) is 11.2. The molecule has 0 aliphatic carbocycles. The zero-order valence-corrected chi connectivity index (χ0v) is 11.2. The summed E-state index contributed by atoms with van der Waals surface area (Å²) in [6, 6.07) is 8.16. The van der Waals surface area contributed by atoms with E-state index < -0.39 is 11.6 Å². The molecule has 0 aliphatic heterocycles. The predicted molar refractivity (Wildman–Crippen MR) is 72.9 cm³/mol. The third-order valence-electron chi connectivity index (χ3n) is 3.13. The Balaban J connectivity index is 1.84. The summed E-state index contributed by atoms with van der Waals surface area (Å²) in [7, 11) is 0. The van der Waals surface area contributed by atoms with Crippen LogP contribution in [0.4, 0.5) is 13.2 Å². The van der Waals surface area contributed by atoms with Gasteiger partial charge in [0.2, 0.25) is 0 Å². The van der Waals surface area contributed by atoms with Crippen LogP contribution in [0.25, 0.3) is 0 Å². The summed E-state index contributed by atoms with van der Waals surface area (Å²) in [6.07, 6.45) is 0.537. The summed E-state index contributed by atoms with van der Waals surface area (Å²) in [5, 5.41) is 3.18. The van der Waals surface area contributed by atoms with Gasteiger partial charge in [-0.2, -0.15) is 0 Å². The van der Waals surface area contributed by atoms with Gasteiger partial charge in [0.25, 0.3) is 0 Å². The number of hydrogen-bond acceptors (Lipinski definition) is 1. The predicted octanol–water partition coefficient (Wildman–Crippen LogP) is 3.74. The molecule has 0 bridgehead atoms. The van der Waals surface area contributed by atoms with Crippen LogP contribution in [0.2, 0.25) is 0 Å². The van der Waals surface area contributed by atoms with E-state index in [1.807, 2.05) is 6.92 Å². The van der Waals surface area contributed by atoms with Crippen LogP contribution in [0.15, 0.2) is 36.4 Å². The largest absolute Gasteiger partial charge is 0.312 e. The van der Waals surface area contributed by atoms with Crippen LogP contribution < -0.4 is 5.32 Å². The highest BCUT2D eigenvalue weighted by atomic mass is 19.1. The molecule has 20 heavy (non-hydrogen) atoms. The first-order chi connectivity index (χ1) is 9.54. The van der Waals surface area contributed by atoms with E-state index in [0.717, 1.165) is 17.2 Å². The van der Waals surface area contributed by atoms with Crippen molar-refractivity contribution in [1.29, 1.82) is 0 Å².